The summed E-state index contributed by atoms with van der Waals surface area (Å²) < 4.78 is 11.1. The standard InChI is InChI=1S/C19H30N2O3/c1-3-4-12-24-17-8-7-16(13-18(17)23-2)19(22)21-11-9-15-6-5-10-20-14-15/h7-8,13,15,20H,3-6,9-12,14H2,1-2H3,(H,21,22). The number of amides is 1. The molecule has 1 saturated heterocycles. The van der Waals surface area contributed by atoms with Crippen molar-refractivity contribution in [3.05, 3.63) is 23.8 Å². The number of carbonyl (C=O) groups is 1. The molecule has 1 heterocycles. The van der Waals surface area contributed by atoms with Gasteiger partial charge in [-0.3, -0.25) is 4.79 Å². The first kappa shape index (κ1) is 18.6. The molecule has 1 aromatic carbocycles. The summed E-state index contributed by atoms with van der Waals surface area (Å²) in [7, 11) is 1.60. The Morgan fingerprint density at radius 2 is 2.25 bits per heavy atom. The quantitative estimate of drug-likeness (QED) is 0.682. The second kappa shape index (κ2) is 10.2. The van der Waals surface area contributed by atoms with Crippen molar-refractivity contribution >= 4 is 5.91 Å². The van der Waals surface area contributed by atoms with Crippen LogP contribution in [-0.4, -0.2) is 39.3 Å². The molecule has 0 aromatic heterocycles. The molecule has 1 fully saturated rings. The van der Waals surface area contributed by atoms with Crippen LogP contribution >= 0.6 is 0 Å². The molecule has 0 spiro atoms. The molecule has 5 heteroatoms. The van der Waals surface area contributed by atoms with Crippen molar-refractivity contribution in [2.75, 3.05) is 33.4 Å². The van der Waals surface area contributed by atoms with Crippen molar-refractivity contribution in [1.29, 1.82) is 0 Å². The predicted octanol–water partition coefficient (Wildman–Crippen LogP) is 2.99. The van der Waals surface area contributed by atoms with Gasteiger partial charge in [0.25, 0.3) is 5.91 Å². The second-order valence-electron chi connectivity index (χ2n) is 6.32. The third-order valence-corrected chi connectivity index (χ3v) is 4.42. The van der Waals surface area contributed by atoms with Gasteiger partial charge in [-0.15, -0.1) is 0 Å². The zero-order valence-corrected chi connectivity index (χ0v) is 14.9. The first-order valence-electron chi connectivity index (χ1n) is 9.04. The molecule has 1 aliphatic heterocycles. The topological polar surface area (TPSA) is 59.6 Å². The van der Waals surface area contributed by atoms with Crippen molar-refractivity contribution in [3.8, 4) is 11.5 Å². The summed E-state index contributed by atoms with van der Waals surface area (Å²) in [5, 5.41) is 6.41. The maximum atomic E-state index is 12.3. The van der Waals surface area contributed by atoms with Gasteiger partial charge in [0.2, 0.25) is 0 Å². The van der Waals surface area contributed by atoms with Gasteiger partial charge in [0.05, 0.1) is 13.7 Å². The Hall–Kier alpha value is -1.75. The van der Waals surface area contributed by atoms with Gasteiger partial charge in [-0.2, -0.15) is 0 Å². The van der Waals surface area contributed by atoms with Crippen molar-refractivity contribution in [2.45, 2.75) is 39.0 Å². The molecule has 134 valence electrons. The molecule has 0 saturated carbocycles. The van der Waals surface area contributed by atoms with Gasteiger partial charge in [0.15, 0.2) is 11.5 Å². The molecule has 0 radical (unpaired) electrons. The Bertz CT molecular complexity index is 513. The van der Waals surface area contributed by atoms with Crippen LogP contribution in [0.25, 0.3) is 0 Å². The van der Waals surface area contributed by atoms with E-state index in [9.17, 15) is 4.79 Å². The molecule has 1 aromatic rings. The van der Waals surface area contributed by atoms with Crippen LogP contribution < -0.4 is 20.1 Å². The molecular weight excluding hydrogens is 304 g/mol. The summed E-state index contributed by atoms with van der Waals surface area (Å²) in [4.78, 5) is 12.3. The SMILES string of the molecule is CCCCOc1ccc(C(=O)NCCC2CCCNC2)cc1OC. The zero-order chi connectivity index (χ0) is 17.2. The monoisotopic (exact) mass is 334 g/mol. The minimum atomic E-state index is -0.0582. The van der Waals surface area contributed by atoms with E-state index in [1.807, 2.05) is 6.07 Å². The number of hydrogen-bond acceptors (Lipinski definition) is 4. The summed E-state index contributed by atoms with van der Waals surface area (Å²) in [5.74, 6) is 1.91. The number of ether oxygens (including phenoxy) is 2. The summed E-state index contributed by atoms with van der Waals surface area (Å²) in [5.41, 5.74) is 0.608. The van der Waals surface area contributed by atoms with Crippen LogP contribution in [0.1, 0.15) is 49.4 Å². The van der Waals surface area contributed by atoms with Crippen molar-refractivity contribution in [2.24, 2.45) is 5.92 Å². The third-order valence-electron chi connectivity index (χ3n) is 4.42. The highest BCUT2D eigenvalue weighted by atomic mass is 16.5. The molecule has 1 aliphatic rings. The summed E-state index contributed by atoms with van der Waals surface area (Å²) >= 11 is 0. The number of hydrogen-bond donors (Lipinski definition) is 2. The summed E-state index contributed by atoms with van der Waals surface area (Å²) in [6.07, 6.45) is 5.59. The number of methoxy groups -OCH3 is 1. The van der Waals surface area contributed by atoms with Crippen LogP contribution in [0.15, 0.2) is 18.2 Å². The minimum Gasteiger partial charge on any atom is -0.493 e. The lowest BCUT2D eigenvalue weighted by Crippen LogP contribution is -2.33. The Labute approximate surface area is 145 Å². The van der Waals surface area contributed by atoms with E-state index >= 15 is 0 Å². The fourth-order valence-corrected chi connectivity index (χ4v) is 2.92. The normalized spacial score (nSPS) is 17.3. The van der Waals surface area contributed by atoms with Crippen LogP contribution in [0.3, 0.4) is 0 Å². The third kappa shape index (κ3) is 5.71. The van der Waals surface area contributed by atoms with Gasteiger partial charge in [-0.1, -0.05) is 13.3 Å². The molecule has 2 rings (SSSR count). The number of benzene rings is 1. The smallest absolute Gasteiger partial charge is 0.251 e. The average molecular weight is 334 g/mol. The van der Waals surface area contributed by atoms with Crippen molar-refractivity contribution in [1.82, 2.24) is 10.6 Å². The number of piperidine rings is 1. The molecule has 0 aliphatic carbocycles. The van der Waals surface area contributed by atoms with Crippen LogP contribution in [-0.2, 0) is 0 Å². The number of rotatable bonds is 9. The Morgan fingerprint density at radius 1 is 1.38 bits per heavy atom. The van der Waals surface area contributed by atoms with Crippen LogP contribution in [0.4, 0.5) is 0 Å². The van der Waals surface area contributed by atoms with E-state index in [-0.39, 0.29) is 5.91 Å². The van der Waals surface area contributed by atoms with E-state index in [0.29, 0.717) is 36.1 Å². The fourth-order valence-electron chi connectivity index (χ4n) is 2.92. The van der Waals surface area contributed by atoms with Gasteiger partial charge in [0, 0.05) is 12.1 Å². The first-order chi connectivity index (χ1) is 11.7. The van der Waals surface area contributed by atoms with Crippen LogP contribution in [0.2, 0.25) is 0 Å². The number of carbonyl (C=O) groups excluding carboxylic acids is 1. The molecular formula is C19H30N2O3. The van der Waals surface area contributed by atoms with Gasteiger partial charge >= 0.3 is 0 Å². The Morgan fingerprint density at radius 3 is 2.96 bits per heavy atom. The molecule has 2 N–H and O–H groups in total. The van der Waals surface area contributed by atoms with E-state index in [2.05, 4.69) is 17.6 Å². The summed E-state index contributed by atoms with van der Waals surface area (Å²) in [6, 6.07) is 5.36. The average Bonchev–Trinajstić information content (AvgIpc) is 2.63. The fraction of sp³-hybridized carbons (Fsp3) is 0.632. The van der Waals surface area contributed by atoms with Gasteiger partial charge in [-0.25, -0.2) is 0 Å². The number of unbranched alkanes of at least 4 members (excludes halogenated alkanes) is 1. The highest BCUT2D eigenvalue weighted by molar-refractivity contribution is 5.94. The molecule has 24 heavy (non-hydrogen) atoms. The van der Waals surface area contributed by atoms with E-state index in [4.69, 9.17) is 9.47 Å². The number of nitrogens with one attached hydrogen (secondary N) is 2. The van der Waals surface area contributed by atoms with Crippen LogP contribution in [0, 0.1) is 5.92 Å². The van der Waals surface area contributed by atoms with Crippen molar-refractivity contribution < 1.29 is 14.3 Å². The molecule has 1 amide bonds. The van der Waals surface area contributed by atoms with Crippen LogP contribution in [0.5, 0.6) is 11.5 Å². The maximum Gasteiger partial charge on any atom is 0.251 e. The van der Waals surface area contributed by atoms with E-state index < -0.39 is 0 Å². The van der Waals surface area contributed by atoms with E-state index in [1.165, 1.54) is 12.8 Å². The van der Waals surface area contributed by atoms with E-state index in [0.717, 1.165) is 32.4 Å². The lowest BCUT2D eigenvalue weighted by atomic mass is 9.96. The van der Waals surface area contributed by atoms with Gasteiger partial charge in [0.1, 0.15) is 0 Å². The summed E-state index contributed by atoms with van der Waals surface area (Å²) in [6.45, 7) is 5.68. The largest absolute Gasteiger partial charge is 0.493 e. The van der Waals surface area contributed by atoms with Gasteiger partial charge < -0.3 is 20.1 Å². The highest BCUT2D eigenvalue weighted by Crippen LogP contribution is 2.28. The van der Waals surface area contributed by atoms with E-state index in [1.54, 1.807) is 19.2 Å². The first-order valence-corrected chi connectivity index (χ1v) is 9.04. The Balaban J connectivity index is 1.84. The van der Waals surface area contributed by atoms with Crippen molar-refractivity contribution in [3.63, 3.8) is 0 Å². The molecule has 0 bridgehead atoms. The second-order valence-corrected chi connectivity index (χ2v) is 6.32. The molecule has 1 atom stereocenters. The minimum absolute atomic E-state index is 0.0582. The zero-order valence-electron chi connectivity index (χ0n) is 14.9. The maximum absolute atomic E-state index is 12.3. The lowest BCUT2D eigenvalue weighted by molar-refractivity contribution is 0.0950. The molecule has 1 unspecified atom stereocenters. The Kier molecular flexibility index (Phi) is 7.89. The molecule has 5 nitrogen and oxygen atoms in total. The van der Waals surface area contributed by atoms with Gasteiger partial charge in [-0.05, 0) is 62.9 Å². The lowest BCUT2D eigenvalue weighted by Gasteiger charge is -2.22. The predicted molar refractivity (Wildman–Crippen MR) is 95.9 cm³/mol. The highest BCUT2D eigenvalue weighted by Gasteiger charge is 2.14.